The lowest BCUT2D eigenvalue weighted by molar-refractivity contribution is -0.140. The number of para-hydroxylation sites is 1. The van der Waals surface area contributed by atoms with E-state index in [0.717, 1.165) is 30.5 Å². The highest BCUT2D eigenvalue weighted by molar-refractivity contribution is 5.96. The second-order valence-electron chi connectivity index (χ2n) is 6.32. The van der Waals surface area contributed by atoms with Crippen LogP contribution in [0.4, 0.5) is 5.69 Å². The number of unbranched alkanes of at least 4 members (excludes halogenated alkanes) is 2. The minimum atomic E-state index is -0.198. The van der Waals surface area contributed by atoms with Crippen LogP contribution in [0.3, 0.4) is 0 Å². The number of esters is 1. The molecule has 1 aromatic carbocycles. The summed E-state index contributed by atoms with van der Waals surface area (Å²) in [5.41, 5.74) is 2.00. The van der Waals surface area contributed by atoms with Crippen molar-refractivity contribution in [3.63, 3.8) is 0 Å². The van der Waals surface area contributed by atoms with E-state index in [1.54, 1.807) is 0 Å². The Bertz CT molecular complexity index is 615. The molecule has 0 aliphatic carbocycles. The summed E-state index contributed by atoms with van der Waals surface area (Å²) in [5.74, 6) is -0.383. The first-order chi connectivity index (χ1) is 12.1. The summed E-state index contributed by atoms with van der Waals surface area (Å²) in [5, 5.41) is 5.78. The van der Waals surface area contributed by atoms with Gasteiger partial charge in [-0.05, 0) is 37.3 Å². The summed E-state index contributed by atoms with van der Waals surface area (Å²) in [6.45, 7) is 0.597. The first-order valence-corrected chi connectivity index (χ1v) is 8.82. The average molecular weight is 346 g/mol. The van der Waals surface area contributed by atoms with Gasteiger partial charge >= 0.3 is 5.97 Å². The summed E-state index contributed by atoms with van der Waals surface area (Å²) in [6, 6.07) is 7.77. The Morgan fingerprint density at radius 2 is 2.00 bits per heavy atom. The van der Waals surface area contributed by atoms with Gasteiger partial charge in [0.1, 0.15) is 0 Å². The van der Waals surface area contributed by atoms with Gasteiger partial charge in [-0.1, -0.05) is 24.6 Å². The Morgan fingerprint density at radius 3 is 2.80 bits per heavy atom. The lowest BCUT2D eigenvalue weighted by Gasteiger charge is -2.24. The number of anilines is 1. The maximum absolute atomic E-state index is 12.1. The molecule has 0 spiro atoms. The monoisotopic (exact) mass is 346 g/mol. The van der Waals surface area contributed by atoms with Crippen LogP contribution < -0.4 is 10.6 Å². The smallest absolute Gasteiger partial charge is 0.305 e. The molecule has 0 saturated carbocycles. The molecular weight excluding hydrogens is 320 g/mol. The number of hydrogen-bond donors (Lipinski definition) is 2. The molecule has 0 saturated heterocycles. The molecule has 136 valence electrons. The van der Waals surface area contributed by atoms with E-state index in [1.165, 1.54) is 7.11 Å². The van der Waals surface area contributed by atoms with Crippen molar-refractivity contribution in [3.8, 4) is 0 Å². The summed E-state index contributed by atoms with van der Waals surface area (Å²) in [4.78, 5) is 35.0. The van der Waals surface area contributed by atoms with Crippen molar-refractivity contribution in [2.45, 2.75) is 44.9 Å². The molecular formula is C19H26N2O4. The largest absolute Gasteiger partial charge is 0.469 e. The lowest BCUT2D eigenvalue weighted by Crippen LogP contribution is -2.32. The van der Waals surface area contributed by atoms with Crippen LogP contribution in [0.15, 0.2) is 24.3 Å². The minimum absolute atomic E-state index is 0.00527. The number of benzene rings is 1. The van der Waals surface area contributed by atoms with Gasteiger partial charge in [0, 0.05) is 31.0 Å². The third kappa shape index (κ3) is 6.21. The van der Waals surface area contributed by atoms with E-state index in [-0.39, 0.29) is 23.7 Å². The summed E-state index contributed by atoms with van der Waals surface area (Å²) >= 11 is 0. The molecule has 1 aliphatic rings. The number of fused-ring (bicyclic) bond motifs is 1. The molecule has 1 atom stereocenters. The fourth-order valence-corrected chi connectivity index (χ4v) is 2.94. The van der Waals surface area contributed by atoms with Crippen LogP contribution in [-0.2, 0) is 25.5 Å². The second kappa shape index (κ2) is 9.81. The maximum Gasteiger partial charge on any atom is 0.305 e. The van der Waals surface area contributed by atoms with Crippen molar-refractivity contribution in [2.24, 2.45) is 5.92 Å². The lowest BCUT2D eigenvalue weighted by atomic mass is 9.89. The molecule has 6 heteroatoms. The molecule has 1 unspecified atom stereocenters. The predicted octanol–water partition coefficient (Wildman–Crippen LogP) is 2.43. The zero-order chi connectivity index (χ0) is 18.1. The van der Waals surface area contributed by atoms with Crippen molar-refractivity contribution < 1.29 is 19.1 Å². The number of carbonyl (C=O) groups excluding carboxylic acids is 3. The number of hydrogen-bond acceptors (Lipinski definition) is 4. The van der Waals surface area contributed by atoms with Gasteiger partial charge < -0.3 is 15.4 Å². The van der Waals surface area contributed by atoms with Gasteiger partial charge in [0.05, 0.1) is 7.11 Å². The number of carbonyl (C=O) groups is 3. The Hall–Kier alpha value is -2.37. The van der Waals surface area contributed by atoms with Crippen LogP contribution >= 0.6 is 0 Å². The molecule has 0 fully saturated rings. The molecule has 0 bridgehead atoms. The average Bonchev–Trinajstić information content (AvgIpc) is 2.62. The number of ether oxygens (including phenoxy) is 1. The van der Waals surface area contributed by atoms with Crippen molar-refractivity contribution in [1.29, 1.82) is 0 Å². The standard InChI is InChI=1S/C19H26N2O4/c1-25-18(23)9-3-2-6-12-20-17(22)11-10-15-13-14-7-4-5-8-16(14)21-19(15)24/h4-5,7-8,15H,2-3,6,9-13H2,1H3,(H,20,22)(H,21,24). The van der Waals surface area contributed by atoms with Crippen LogP contribution in [0.2, 0.25) is 0 Å². The molecule has 1 aliphatic heterocycles. The van der Waals surface area contributed by atoms with Gasteiger partial charge in [-0.25, -0.2) is 0 Å². The molecule has 25 heavy (non-hydrogen) atoms. The molecule has 2 amide bonds. The van der Waals surface area contributed by atoms with E-state index in [4.69, 9.17) is 0 Å². The van der Waals surface area contributed by atoms with E-state index >= 15 is 0 Å². The Labute approximate surface area is 148 Å². The maximum atomic E-state index is 12.1. The molecule has 1 heterocycles. The molecule has 1 aromatic rings. The highest BCUT2D eigenvalue weighted by Gasteiger charge is 2.26. The summed E-state index contributed by atoms with van der Waals surface area (Å²) in [6.07, 6.45) is 4.48. The number of nitrogens with one attached hydrogen (secondary N) is 2. The van der Waals surface area contributed by atoms with Gasteiger partial charge in [-0.15, -0.1) is 0 Å². The van der Waals surface area contributed by atoms with Crippen molar-refractivity contribution in [3.05, 3.63) is 29.8 Å². The quantitative estimate of drug-likeness (QED) is 0.531. The highest BCUT2D eigenvalue weighted by Crippen LogP contribution is 2.27. The van der Waals surface area contributed by atoms with Gasteiger partial charge in [-0.3, -0.25) is 14.4 Å². The van der Waals surface area contributed by atoms with E-state index < -0.39 is 0 Å². The van der Waals surface area contributed by atoms with Crippen molar-refractivity contribution >= 4 is 23.5 Å². The number of methoxy groups -OCH3 is 1. The summed E-state index contributed by atoms with van der Waals surface area (Å²) < 4.78 is 4.57. The first-order valence-electron chi connectivity index (χ1n) is 8.82. The van der Waals surface area contributed by atoms with Crippen LogP contribution in [0, 0.1) is 5.92 Å². The molecule has 0 aromatic heterocycles. The molecule has 0 radical (unpaired) electrons. The first kappa shape index (κ1) is 19.0. The third-order valence-electron chi connectivity index (χ3n) is 4.44. The normalized spacial score (nSPS) is 15.9. The Morgan fingerprint density at radius 1 is 1.20 bits per heavy atom. The van der Waals surface area contributed by atoms with E-state index in [2.05, 4.69) is 15.4 Å². The van der Waals surface area contributed by atoms with Gasteiger partial charge in [0.15, 0.2) is 0 Å². The highest BCUT2D eigenvalue weighted by atomic mass is 16.5. The molecule has 6 nitrogen and oxygen atoms in total. The van der Waals surface area contributed by atoms with Crippen LogP contribution in [0.25, 0.3) is 0 Å². The number of amides is 2. The zero-order valence-corrected chi connectivity index (χ0v) is 14.7. The van der Waals surface area contributed by atoms with Crippen molar-refractivity contribution in [2.75, 3.05) is 19.0 Å². The van der Waals surface area contributed by atoms with Crippen molar-refractivity contribution in [1.82, 2.24) is 5.32 Å². The van der Waals surface area contributed by atoms with Gasteiger partial charge in [0.25, 0.3) is 0 Å². The molecule has 2 rings (SSSR count). The second-order valence-corrected chi connectivity index (χ2v) is 6.32. The predicted molar refractivity (Wildman–Crippen MR) is 95.0 cm³/mol. The Kier molecular flexibility index (Phi) is 7.44. The van der Waals surface area contributed by atoms with E-state index in [9.17, 15) is 14.4 Å². The van der Waals surface area contributed by atoms with Gasteiger partial charge in [0.2, 0.25) is 11.8 Å². The minimum Gasteiger partial charge on any atom is -0.469 e. The fourth-order valence-electron chi connectivity index (χ4n) is 2.94. The SMILES string of the molecule is COC(=O)CCCCCNC(=O)CCC1Cc2ccccc2NC1=O. The van der Waals surface area contributed by atoms with E-state index in [1.807, 2.05) is 24.3 Å². The zero-order valence-electron chi connectivity index (χ0n) is 14.7. The third-order valence-corrected chi connectivity index (χ3v) is 4.44. The van der Waals surface area contributed by atoms with Gasteiger partial charge in [-0.2, -0.15) is 0 Å². The Balaban J connectivity index is 1.61. The number of rotatable bonds is 9. The summed E-state index contributed by atoms with van der Waals surface area (Å²) in [7, 11) is 1.38. The fraction of sp³-hybridized carbons (Fsp3) is 0.526. The van der Waals surface area contributed by atoms with Crippen LogP contribution in [0.5, 0.6) is 0 Å². The van der Waals surface area contributed by atoms with Crippen LogP contribution in [-0.4, -0.2) is 31.4 Å². The van der Waals surface area contributed by atoms with E-state index in [0.29, 0.717) is 32.2 Å². The van der Waals surface area contributed by atoms with Crippen LogP contribution in [0.1, 0.15) is 44.1 Å². The topological polar surface area (TPSA) is 84.5 Å². The molecule has 2 N–H and O–H groups in total.